The number of hydrogen-bond donors (Lipinski definition) is 0. The van der Waals surface area contributed by atoms with Gasteiger partial charge in [0.05, 0.1) is 0 Å². The van der Waals surface area contributed by atoms with E-state index in [1.54, 1.807) is 0 Å². The molecule has 0 atom stereocenters. The average molecular weight is 1310 g/mol. The van der Waals surface area contributed by atoms with Crippen molar-refractivity contribution < 1.29 is 25.8 Å². The van der Waals surface area contributed by atoms with Crippen molar-refractivity contribution in [2.45, 2.75) is 130 Å². The molecule has 0 bridgehead atoms. The monoisotopic (exact) mass is 1300 g/mol. The Morgan fingerprint density at radius 3 is 1.74 bits per heavy atom. The van der Waals surface area contributed by atoms with E-state index in [1.807, 2.05) is 18.3 Å². The number of para-hydroxylation sites is 4. The van der Waals surface area contributed by atoms with Crippen LogP contribution in [0.5, 0.6) is 11.5 Å². The summed E-state index contributed by atoms with van der Waals surface area (Å²) in [5, 5.41) is 2.21. The second kappa shape index (κ2) is 21.8. The molecule has 2 aliphatic rings. The third kappa shape index (κ3) is 10.6. The number of benzene rings is 9. The van der Waals surface area contributed by atoms with E-state index in [-0.39, 0.29) is 48.1 Å². The van der Waals surface area contributed by atoms with Crippen molar-refractivity contribution in [1.82, 2.24) is 9.55 Å². The number of nitrogens with zero attached hydrogens (tertiary/aromatic N) is 4. The van der Waals surface area contributed by atoms with Gasteiger partial charge in [0.25, 0.3) is 0 Å². The summed E-state index contributed by atoms with van der Waals surface area (Å²) in [7, 11) is 0. The summed E-state index contributed by atoms with van der Waals surface area (Å²) in [5.41, 5.74) is 22.4. The van der Waals surface area contributed by atoms with Crippen molar-refractivity contribution >= 4 is 44.6 Å². The molecule has 0 radical (unpaired) electrons. The van der Waals surface area contributed by atoms with E-state index < -0.39 is 0 Å². The quantitative estimate of drug-likeness (QED) is 0.135. The van der Waals surface area contributed by atoms with E-state index in [9.17, 15) is 0 Å². The summed E-state index contributed by atoms with van der Waals surface area (Å²) in [6.07, 6.45) is 4.34. The first-order valence-electron chi connectivity index (χ1n) is 30.3. The molecule has 0 amide bonds. The predicted molar refractivity (Wildman–Crippen MR) is 357 cm³/mol. The third-order valence-electron chi connectivity index (χ3n) is 18.1. The molecule has 436 valence electrons. The van der Waals surface area contributed by atoms with Gasteiger partial charge in [0.15, 0.2) is 0 Å². The SMILES string of the molecule is CC(C)(C)c1ccc(-c2ccc(-c3cccc(-c4ccc5c(c4)C(C)(C)CCC5(C)C)c3N3[CH-]N(c4[c-]c(Oc5[c-]c6c(cc5)c5ccccc5n6-c5cc(C(C)(C)C)c(-c6ccccc6)cn5)ccc4)c4ccccc43)cc2)c(C(C)(C)C)c1.[Pt]. The van der Waals surface area contributed by atoms with Crippen molar-refractivity contribution in [3.63, 3.8) is 0 Å². The fourth-order valence-corrected chi connectivity index (χ4v) is 13.2. The second-order valence-electron chi connectivity index (χ2n) is 28.1. The van der Waals surface area contributed by atoms with Crippen LogP contribution in [0.3, 0.4) is 0 Å². The Labute approximate surface area is 525 Å². The van der Waals surface area contributed by atoms with Crippen molar-refractivity contribution in [3.05, 3.63) is 247 Å². The topological polar surface area (TPSA) is 33.5 Å². The fourth-order valence-electron chi connectivity index (χ4n) is 13.2. The minimum Gasteiger partial charge on any atom is -0.509 e. The zero-order chi connectivity index (χ0) is 59.4. The Hall–Kier alpha value is -7.98. The van der Waals surface area contributed by atoms with Crippen molar-refractivity contribution in [2.75, 3.05) is 9.80 Å². The third-order valence-corrected chi connectivity index (χ3v) is 18.1. The van der Waals surface area contributed by atoms with Crippen molar-refractivity contribution in [1.29, 1.82) is 0 Å². The molecule has 2 aromatic heterocycles. The molecular weight excluding hydrogens is 1230 g/mol. The second-order valence-corrected chi connectivity index (χ2v) is 28.1. The van der Waals surface area contributed by atoms with Gasteiger partial charge in [-0.1, -0.05) is 235 Å². The van der Waals surface area contributed by atoms with Gasteiger partial charge in [-0.3, -0.25) is 0 Å². The molecule has 0 saturated heterocycles. The summed E-state index contributed by atoms with van der Waals surface area (Å²) in [4.78, 5) is 9.83. The van der Waals surface area contributed by atoms with Crippen LogP contribution < -0.4 is 14.5 Å². The number of rotatable bonds is 9. The van der Waals surface area contributed by atoms with Crippen LogP contribution in [0.25, 0.3) is 72.1 Å². The molecule has 3 heterocycles. The largest absolute Gasteiger partial charge is 0.509 e. The summed E-state index contributed by atoms with van der Waals surface area (Å²) < 4.78 is 9.08. The van der Waals surface area contributed by atoms with Crippen LogP contribution in [0.4, 0.5) is 22.7 Å². The van der Waals surface area contributed by atoms with Gasteiger partial charge in [-0.25, -0.2) is 4.98 Å². The summed E-state index contributed by atoms with van der Waals surface area (Å²) >= 11 is 0. The Morgan fingerprint density at radius 1 is 0.465 bits per heavy atom. The number of anilines is 4. The standard InChI is InChI=1S/C80H77N4O.Pt/c1-76(2,3)56-38-40-60(67(46-56)77(4,5)6)53-33-35-54(36-34-53)61-28-22-29-62(55-37-42-66-69(45-55)80(12,13)44-43-79(66,10)11)75(61)83-51-82(71-31-19-20-32-72(71)83)57-25-21-26-58(47-57)85-59-39-41-64-63-27-17-18-30-70(63)84(73(64)48-59)74-49-68(78(7,8)9)65(50-81-74)52-23-15-14-16-24-52;/h14-42,45-46,49-51H,43-44H2,1-13H3;/q-3;. The molecular formula is C80H77N4OPt-3. The molecule has 13 rings (SSSR count). The molecule has 1 aliphatic heterocycles. The molecule has 0 unspecified atom stereocenters. The molecule has 11 aromatic rings. The maximum Gasteiger partial charge on any atom is 0.135 e. The fraction of sp³-hybridized carbons (Fsp3) is 0.250. The average Bonchev–Trinajstić information content (AvgIpc) is 1.55. The minimum absolute atomic E-state index is 0. The van der Waals surface area contributed by atoms with Gasteiger partial charge in [-0.15, -0.1) is 48.1 Å². The number of fused-ring (bicyclic) bond motifs is 5. The molecule has 9 aromatic carbocycles. The number of aromatic nitrogens is 2. The van der Waals surface area contributed by atoms with E-state index >= 15 is 0 Å². The van der Waals surface area contributed by atoms with Crippen LogP contribution in [-0.2, 0) is 48.1 Å². The first kappa shape index (κ1) is 58.4. The van der Waals surface area contributed by atoms with Crippen LogP contribution in [0, 0.1) is 18.8 Å². The molecule has 6 heteroatoms. The molecule has 5 nitrogen and oxygen atoms in total. The van der Waals surface area contributed by atoms with E-state index in [2.05, 4.69) is 305 Å². The number of pyridine rings is 1. The zero-order valence-electron chi connectivity index (χ0n) is 52.1. The van der Waals surface area contributed by atoms with Crippen LogP contribution in [0.15, 0.2) is 200 Å². The number of ether oxygens (including phenoxy) is 1. The van der Waals surface area contributed by atoms with E-state index in [0.717, 1.165) is 79.0 Å². The van der Waals surface area contributed by atoms with E-state index in [4.69, 9.17) is 9.72 Å². The Kier molecular flexibility index (Phi) is 14.8. The summed E-state index contributed by atoms with van der Waals surface area (Å²) in [5.74, 6) is 2.01. The van der Waals surface area contributed by atoms with Crippen LogP contribution in [0.2, 0.25) is 0 Å². The predicted octanol–water partition coefficient (Wildman–Crippen LogP) is 21.9. The van der Waals surface area contributed by atoms with Gasteiger partial charge in [0, 0.05) is 78.0 Å². The molecule has 0 fully saturated rings. The van der Waals surface area contributed by atoms with Crippen LogP contribution in [0.1, 0.15) is 131 Å². The number of hydrogen-bond acceptors (Lipinski definition) is 4. The van der Waals surface area contributed by atoms with Gasteiger partial charge in [-0.2, -0.15) is 12.1 Å². The van der Waals surface area contributed by atoms with Gasteiger partial charge >= 0.3 is 0 Å². The van der Waals surface area contributed by atoms with Gasteiger partial charge < -0.3 is 19.1 Å². The maximum atomic E-state index is 6.85. The summed E-state index contributed by atoms with van der Waals surface area (Å²) in [6.45, 7) is 32.6. The van der Waals surface area contributed by atoms with E-state index in [1.165, 1.54) is 56.5 Å². The molecule has 1 aliphatic carbocycles. The van der Waals surface area contributed by atoms with Crippen molar-refractivity contribution in [2.24, 2.45) is 0 Å². The van der Waals surface area contributed by atoms with Gasteiger partial charge in [0.2, 0.25) is 0 Å². The maximum absolute atomic E-state index is 6.85. The Morgan fingerprint density at radius 2 is 1.05 bits per heavy atom. The van der Waals surface area contributed by atoms with Crippen LogP contribution >= 0.6 is 0 Å². The molecule has 0 N–H and O–H groups in total. The van der Waals surface area contributed by atoms with Crippen molar-refractivity contribution in [3.8, 4) is 61.8 Å². The zero-order valence-corrected chi connectivity index (χ0v) is 54.3. The molecule has 0 saturated carbocycles. The Balaban J connectivity index is 0.00000724. The van der Waals surface area contributed by atoms with Gasteiger partial charge in [0.1, 0.15) is 5.82 Å². The minimum atomic E-state index is -0.142. The Bertz CT molecular complexity index is 4370. The first-order valence-corrected chi connectivity index (χ1v) is 30.3. The molecule has 0 spiro atoms. The first-order chi connectivity index (χ1) is 40.5. The smallest absolute Gasteiger partial charge is 0.135 e. The molecule has 86 heavy (non-hydrogen) atoms. The normalized spacial score (nSPS) is 14.7. The van der Waals surface area contributed by atoms with Crippen LogP contribution in [-0.4, -0.2) is 9.55 Å². The van der Waals surface area contributed by atoms with E-state index in [0.29, 0.717) is 11.5 Å². The summed E-state index contributed by atoms with van der Waals surface area (Å²) in [6, 6.07) is 78.3. The van der Waals surface area contributed by atoms with Gasteiger partial charge in [-0.05, 0) is 125 Å².